The lowest BCUT2D eigenvalue weighted by Crippen LogP contribution is -2.26. The molecule has 7 heteroatoms. The van der Waals surface area contributed by atoms with Crippen molar-refractivity contribution in [3.63, 3.8) is 0 Å². The van der Waals surface area contributed by atoms with Gasteiger partial charge in [-0.1, -0.05) is 50.6 Å². The molecule has 41 heavy (non-hydrogen) atoms. The Kier molecular flexibility index (Phi) is 11.1. The molecule has 0 spiro atoms. The van der Waals surface area contributed by atoms with E-state index in [-0.39, 0.29) is 5.91 Å². The summed E-state index contributed by atoms with van der Waals surface area (Å²) in [6, 6.07) is 22.3. The summed E-state index contributed by atoms with van der Waals surface area (Å²) < 4.78 is 19.0. The summed E-state index contributed by atoms with van der Waals surface area (Å²) in [6.45, 7) is 6.59. The molecule has 0 fully saturated rings. The van der Waals surface area contributed by atoms with Gasteiger partial charge >= 0.3 is 0 Å². The number of amides is 1. The predicted molar refractivity (Wildman–Crippen MR) is 164 cm³/mol. The Morgan fingerprint density at radius 1 is 0.902 bits per heavy atom. The lowest BCUT2D eigenvalue weighted by atomic mass is 10.0. The number of ether oxygens (including phenoxy) is 3. The number of carbonyl (C=O) groups is 1. The highest BCUT2D eigenvalue weighted by atomic mass is 16.5. The third-order valence-electron chi connectivity index (χ3n) is 7.29. The van der Waals surface area contributed by atoms with Crippen molar-refractivity contribution in [2.45, 2.75) is 64.8 Å². The molecule has 4 aromatic rings. The molecule has 0 radical (unpaired) electrons. The Morgan fingerprint density at radius 3 is 2.44 bits per heavy atom. The summed E-state index contributed by atoms with van der Waals surface area (Å²) in [5.41, 5.74) is 4.43. The molecule has 0 aliphatic carbocycles. The van der Waals surface area contributed by atoms with Crippen molar-refractivity contribution in [1.82, 2.24) is 14.9 Å². The van der Waals surface area contributed by atoms with Crippen LogP contribution in [-0.4, -0.2) is 42.8 Å². The number of para-hydroxylation sites is 2. The standard InChI is InChI=1S/C34H43N3O4/c1-25(2)27-15-17-28(18-16-27)41-22-10-21-37-30-12-8-7-11-29(30)36-33(37)13-6-5-9-20-35-34(38)24-26-14-19-31(39-3)32(23-26)40-4/h7-8,11-12,14-19,23,25H,5-6,9-10,13,20-22,24H2,1-4H3,(H,35,38). The SMILES string of the molecule is COc1ccc(CC(=O)NCCCCCc2nc3ccccc3n2CCCOc2ccc(C(C)C)cc2)cc1OC. The van der Waals surface area contributed by atoms with Crippen LogP contribution < -0.4 is 19.5 Å². The maximum Gasteiger partial charge on any atom is 0.224 e. The van der Waals surface area contributed by atoms with Gasteiger partial charge in [0.05, 0.1) is 38.3 Å². The van der Waals surface area contributed by atoms with Crippen LogP contribution in [0.25, 0.3) is 11.0 Å². The first kappa shape index (κ1) is 30.0. The number of aryl methyl sites for hydroxylation is 2. The van der Waals surface area contributed by atoms with E-state index in [1.54, 1.807) is 14.2 Å². The van der Waals surface area contributed by atoms with E-state index in [0.717, 1.165) is 61.3 Å². The van der Waals surface area contributed by atoms with Crippen LogP contribution in [-0.2, 0) is 24.2 Å². The number of benzene rings is 3. The molecule has 1 heterocycles. The van der Waals surface area contributed by atoms with Crippen molar-refractivity contribution in [2.75, 3.05) is 27.4 Å². The van der Waals surface area contributed by atoms with Gasteiger partial charge in [-0.25, -0.2) is 4.98 Å². The number of carbonyl (C=O) groups excluding carboxylic acids is 1. The van der Waals surface area contributed by atoms with Crippen LogP contribution in [0.3, 0.4) is 0 Å². The largest absolute Gasteiger partial charge is 0.494 e. The molecule has 0 aliphatic rings. The Morgan fingerprint density at radius 2 is 1.68 bits per heavy atom. The minimum absolute atomic E-state index is 0.0112. The average molecular weight is 558 g/mol. The zero-order valence-corrected chi connectivity index (χ0v) is 24.8. The van der Waals surface area contributed by atoms with Crippen LogP contribution >= 0.6 is 0 Å². The monoisotopic (exact) mass is 557 g/mol. The predicted octanol–water partition coefficient (Wildman–Crippen LogP) is 6.72. The van der Waals surface area contributed by atoms with Crippen molar-refractivity contribution in [1.29, 1.82) is 0 Å². The van der Waals surface area contributed by atoms with Gasteiger partial charge in [0.25, 0.3) is 0 Å². The molecule has 7 nitrogen and oxygen atoms in total. The van der Waals surface area contributed by atoms with Crippen molar-refractivity contribution in [3.8, 4) is 17.2 Å². The van der Waals surface area contributed by atoms with Crippen molar-refractivity contribution < 1.29 is 19.0 Å². The van der Waals surface area contributed by atoms with Gasteiger partial charge in [0, 0.05) is 19.5 Å². The van der Waals surface area contributed by atoms with E-state index in [1.807, 2.05) is 24.3 Å². The number of rotatable bonds is 16. The zero-order valence-electron chi connectivity index (χ0n) is 24.8. The highest BCUT2D eigenvalue weighted by molar-refractivity contribution is 5.78. The number of aromatic nitrogens is 2. The second-order valence-electron chi connectivity index (χ2n) is 10.6. The van der Waals surface area contributed by atoms with Gasteiger partial charge < -0.3 is 24.1 Å². The summed E-state index contributed by atoms with van der Waals surface area (Å²) in [5.74, 6) is 3.85. The summed E-state index contributed by atoms with van der Waals surface area (Å²) in [7, 11) is 3.20. The summed E-state index contributed by atoms with van der Waals surface area (Å²) in [5, 5.41) is 3.04. The quantitative estimate of drug-likeness (QED) is 0.155. The molecule has 218 valence electrons. The third kappa shape index (κ3) is 8.49. The van der Waals surface area contributed by atoms with Crippen molar-refractivity contribution in [2.24, 2.45) is 0 Å². The second-order valence-corrected chi connectivity index (χ2v) is 10.6. The van der Waals surface area contributed by atoms with Crippen LogP contribution in [0.2, 0.25) is 0 Å². The smallest absolute Gasteiger partial charge is 0.224 e. The number of methoxy groups -OCH3 is 2. The van der Waals surface area contributed by atoms with E-state index in [9.17, 15) is 4.79 Å². The van der Waals surface area contributed by atoms with Gasteiger partial charge in [-0.2, -0.15) is 0 Å². The summed E-state index contributed by atoms with van der Waals surface area (Å²) in [4.78, 5) is 17.3. The van der Waals surface area contributed by atoms with Crippen LogP contribution in [0.5, 0.6) is 17.2 Å². The number of imidazole rings is 1. The van der Waals surface area contributed by atoms with E-state index in [4.69, 9.17) is 19.2 Å². The first-order chi connectivity index (χ1) is 20.0. The van der Waals surface area contributed by atoms with Gasteiger partial charge in [-0.05, 0) is 72.7 Å². The maximum absolute atomic E-state index is 12.4. The first-order valence-corrected chi connectivity index (χ1v) is 14.6. The number of fused-ring (bicyclic) bond motifs is 1. The molecule has 1 amide bonds. The normalized spacial score (nSPS) is 11.1. The molecule has 3 aromatic carbocycles. The Labute approximate surface area is 243 Å². The fourth-order valence-corrected chi connectivity index (χ4v) is 4.98. The number of nitrogens with zero attached hydrogens (tertiary/aromatic N) is 2. The van der Waals surface area contributed by atoms with E-state index in [2.05, 4.69) is 66.2 Å². The highest BCUT2D eigenvalue weighted by Crippen LogP contribution is 2.27. The third-order valence-corrected chi connectivity index (χ3v) is 7.29. The Hall–Kier alpha value is -4.00. The second kappa shape index (κ2) is 15.1. The number of nitrogens with one attached hydrogen (secondary N) is 1. The molecule has 1 aromatic heterocycles. The number of hydrogen-bond acceptors (Lipinski definition) is 5. The van der Waals surface area contributed by atoms with Crippen LogP contribution in [0.15, 0.2) is 66.7 Å². The summed E-state index contributed by atoms with van der Waals surface area (Å²) in [6.07, 6.45) is 5.11. The van der Waals surface area contributed by atoms with Crippen LogP contribution in [0.1, 0.15) is 62.4 Å². The lowest BCUT2D eigenvalue weighted by Gasteiger charge is -2.12. The van der Waals surface area contributed by atoms with E-state index < -0.39 is 0 Å². The van der Waals surface area contributed by atoms with Crippen molar-refractivity contribution >= 4 is 16.9 Å². The molecule has 0 saturated carbocycles. The van der Waals surface area contributed by atoms with Crippen molar-refractivity contribution in [3.05, 3.63) is 83.7 Å². The van der Waals surface area contributed by atoms with E-state index in [0.29, 0.717) is 37.0 Å². The van der Waals surface area contributed by atoms with Gasteiger partial charge in [0.2, 0.25) is 5.91 Å². The molecular formula is C34H43N3O4. The molecule has 0 bridgehead atoms. The highest BCUT2D eigenvalue weighted by Gasteiger charge is 2.11. The molecule has 0 atom stereocenters. The topological polar surface area (TPSA) is 74.6 Å². The number of unbranched alkanes of at least 4 members (excludes halogenated alkanes) is 2. The minimum Gasteiger partial charge on any atom is -0.494 e. The molecule has 0 unspecified atom stereocenters. The molecule has 0 aliphatic heterocycles. The maximum atomic E-state index is 12.4. The molecule has 0 saturated heterocycles. The van der Waals surface area contributed by atoms with E-state index >= 15 is 0 Å². The Balaban J connectivity index is 1.20. The van der Waals surface area contributed by atoms with Gasteiger partial charge in [-0.3, -0.25) is 4.79 Å². The first-order valence-electron chi connectivity index (χ1n) is 14.6. The minimum atomic E-state index is 0.0112. The molecule has 4 rings (SSSR count). The van der Waals surface area contributed by atoms with Gasteiger partial charge in [0.15, 0.2) is 11.5 Å². The fourth-order valence-electron chi connectivity index (χ4n) is 4.98. The molecular weight excluding hydrogens is 514 g/mol. The average Bonchev–Trinajstić information content (AvgIpc) is 3.34. The lowest BCUT2D eigenvalue weighted by molar-refractivity contribution is -0.120. The van der Waals surface area contributed by atoms with Gasteiger partial charge in [-0.15, -0.1) is 0 Å². The Bertz CT molecular complexity index is 1400. The summed E-state index contributed by atoms with van der Waals surface area (Å²) >= 11 is 0. The fraction of sp³-hybridized carbons (Fsp3) is 0.412. The van der Waals surface area contributed by atoms with E-state index in [1.165, 1.54) is 11.1 Å². The van der Waals surface area contributed by atoms with Gasteiger partial charge in [0.1, 0.15) is 11.6 Å². The van der Waals surface area contributed by atoms with Crippen LogP contribution in [0, 0.1) is 0 Å². The zero-order chi connectivity index (χ0) is 29.0. The number of hydrogen-bond donors (Lipinski definition) is 1. The molecule has 1 N–H and O–H groups in total. The van der Waals surface area contributed by atoms with Crippen LogP contribution in [0.4, 0.5) is 0 Å².